The van der Waals surface area contributed by atoms with Gasteiger partial charge >= 0.3 is 0 Å². The lowest BCUT2D eigenvalue weighted by Gasteiger charge is -2.31. The molecular weight excluding hydrogens is 383 g/mol. The Morgan fingerprint density at radius 1 is 1.24 bits per heavy atom. The summed E-state index contributed by atoms with van der Waals surface area (Å²) < 4.78 is 20.6. The molecule has 3 heterocycles. The smallest absolute Gasteiger partial charge is 0.274 e. The molecular formula is C17H14ClFN2O2S2. The number of thiazole rings is 1. The number of piperidine rings is 1. The first kappa shape index (κ1) is 16.8. The summed E-state index contributed by atoms with van der Waals surface area (Å²) >= 11 is 8.54. The van der Waals surface area contributed by atoms with E-state index in [-0.39, 0.29) is 17.8 Å². The van der Waals surface area contributed by atoms with Gasteiger partial charge < -0.3 is 9.64 Å². The van der Waals surface area contributed by atoms with Crippen LogP contribution in [0.1, 0.15) is 22.5 Å². The van der Waals surface area contributed by atoms with E-state index in [2.05, 4.69) is 4.98 Å². The summed E-state index contributed by atoms with van der Waals surface area (Å²) in [6.45, 7) is 1.27. The first-order valence-electron chi connectivity index (χ1n) is 7.86. The molecule has 1 saturated heterocycles. The topological polar surface area (TPSA) is 42.4 Å². The van der Waals surface area contributed by atoms with Crippen molar-refractivity contribution in [3.8, 4) is 5.19 Å². The van der Waals surface area contributed by atoms with Crippen LogP contribution in [0, 0.1) is 5.82 Å². The van der Waals surface area contributed by atoms with Gasteiger partial charge in [0.2, 0.25) is 0 Å². The van der Waals surface area contributed by atoms with Crippen molar-refractivity contribution in [3.63, 3.8) is 0 Å². The summed E-state index contributed by atoms with van der Waals surface area (Å²) in [5.41, 5.74) is 0.739. The Labute approximate surface area is 156 Å². The van der Waals surface area contributed by atoms with Crippen molar-refractivity contribution in [1.29, 1.82) is 0 Å². The molecule has 0 aliphatic carbocycles. The number of rotatable bonds is 3. The fraction of sp³-hybridized carbons (Fsp3) is 0.294. The van der Waals surface area contributed by atoms with Crippen LogP contribution in [-0.4, -0.2) is 35.0 Å². The van der Waals surface area contributed by atoms with Crippen molar-refractivity contribution in [2.75, 3.05) is 13.1 Å². The summed E-state index contributed by atoms with van der Waals surface area (Å²) in [6, 6.07) is 8.02. The highest BCUT2D eigenvalue weighted by Crippen LogP contribution is 2.30. The maximum atomic E-state index is 13.3. The number of ether oxygens (including phenoxy) is 1. The van der Waals surface area contributed by atoms with Crippen LogP contribution in [0.3, 0.4) is 0 Å². The Balaban J connectivity index is 1.37. The van der Waals surface area contributed by atoms with Gasteiger partial charge in [-0.3, -0.25) is 4.79 Å². The predicted molar refractivity (Wildman–Crippen MR) is 98.5 cm³/mol. The normalized spacial score (nSPS) is 15.7. The number of halogens is 2. The summed E-state index contributed by atoms with van der Waals surface area (Å²) in [5, 5.41) is 0.551. The first-order valence-corrected chi connectivity index (χ1v) is 9.87. The molecule has 0 N–H and O–H groups in total. The number of hydrogen-bond acceptors (Lipinski definition) is 5. The highest BCUT2D eigenvalue weighted by atomic mass is 35.5. The van der Waals surface area contributed by atoms with Crippen LogP contribution in [0.2, 0.25) is 4.34 Å². The Morgan fingerprint density at radius 2 is 2.04 bits per heavy atom. The number of benzene rings is 1. The Kier molecular flexibility index (Phi) is 4.62. The van der Waals surface area contributed by atoms with Gasteiger partial charge in [0.25, 0.3) is 11.1 Å². The van der Waals surface area contributed by atoms with Gasteiger partial charge in [-0.25, -0.2) is 9.37 Å². The van der Waals surface area contributed by atoms with Crippen LogP contribution in [-0.2, 0) is 0 Å². The lowest BCUT2D eigenvalue weighted by molar-refractivity contribution is 0.0600. The molecule has 0 saturated carbocycles. The molecule has 3 aromatic rings. The summed E-state index contributed by atoms with van der Waals surface area (Å²) in [7, 11) is 0. The fourth-order valence-electron chi connectivity index (χ4n) is 2.83. The van der Waals surface area contributed by atoms with Crippen LogP contribution in [0.5, 0.6) is 5.19 Å². The molecule has 2 aromatic heterocycles. The average Bonchev–Trinajstić information content (AvgIpc) is 3.20. The molecule has 25 heavy (non-hydrogen) atoms. The van der Waals surface area contributed by atoms with Crippen molar-refractivity contribution in [1.82, 2.24) is 9.88 Å². The minimum Gasteiger partial charge on any atom is -0.467 e. The molecule has 0 unspecified atom stereocenters. The van der Waals surface area contributed by atoms with Gasteiger partial charge in [0.1, 0.15) is 11.9 Å². The maximum Gasteiger partial charge on any atom is 0.274 e. The zero-order valence-corrected chi connectivity index (χ0v) is 15.5. The summed E-state index contributed by atoms with van der Waals surface area (Å²) in [5.74, 6) is -0.256. The molecule has 0 atom stereocenters. The van der Waals surface area contributed by atoms with E-state index in [1.54, 1.807) is 18.2 Å². The van der Waals surface area contributed by atoms with E-state index in [0.717, 1.165) is 23.1 Å². The second-order valence-electron chi connectivity index (χ2n) is 5.80. The Bertz CT molecular complexity index is 918. The third kappa shape index (κ3) is 3.63. The number of fused-ring (bicyclic) bond motifs is 1. The standard InChI is InChI=1S/C17H14ClFN2O2S2/c18-15-4-3-13(24-15)16(22)21-7-5-11(6-8-21)23-17-20-12-2-1-10(19)9-14(12)25-17/h1-4,9,11H,5-8H2. The lowest BCUT2D eigenvalue weighted by Crippen LogP contribution is -2.41. The third-order valence-corrected chi connectivity index (χ3v) is 6.24. The molecule has 130 valence electrons. The van der Waals surface area contributed by atoms with Gasteiger partial charge in [-0.05, 0) is 30.3 Å². The highest BCUT2D eigenvalue weighted by Gasteiger charge is 2.26. The number of carbonyl (C=O) groups excluding carboxylic acids is 1. The Morgan fingerprint density at radius 3 is 2.76 bits per heavy atom. The number of likely N-dealkylation sites (tertiary alicyclic amines) is 1. The highest BCUT2D eigenvalue weighted by molar-refractivity contribution is 7.20. The van der Waals surface area contributed by atoms with Crippen LogP contribution in [0.25, 0.3) is 10.2 Å². The largest absolute Gasteiger partial charge is 0.467 e. The number of aromatic nitrogens is 1. The van der Waals surface area contributed by atoms with E-state index in [1.807, 2.05) is 4.90 Å². The van der Waals surface area contributed by atoms with Crippen molar-refractivity contribution in [2.24, 2.45) is 0 Å². The van der Waals surface area contributed by atoms with E-state index in [9.17, 15) is 9.18 Å². The van der Waals surface area contributed by atoms with Crippen molar-refractivity contribution < 1.29 is 13.9 Å². The van der Waals surface area contributed by atoms with Crippen molar-refractivity contribution in [3.05, 3.63) is 45.4 Å². The minimum atomic E-state index is -0.275. The lowest BCUT2D eigenvalue weighted by atomic mass is 10.1. The van der Waals surface area contributed by atoms with E-state index in [4.69, 9.17) is 16.3 Å². The quantitative estimate of drug-likeness (QED) is 0.636. The molecule has 4 rings (SSSR count). The molecule has 1 fully saturated rings. The van der Waals surface area contributed by atoms with E-state index in [0.29, 0.717) is 27.5 Å². The molecule has 8 heteroatoms. The van der Waals surface area contributed by atoms with E-state index < -0.39 is 0 Å². The fourth-order valence-corrected chi connectivity index (χ4v) is 4.75. The van der Waals surface area contributed by atoms with E-state index in [1.165, 1.54) is 34.8 Å². The Hall–Kier alpha value is -1.70. The van der Waals surface area contributed by atoms with Crippen LogP contribution in [0.4, 0.5) is 4.39 Å². The zero-order valence-electron chi connectivity index (χ0n) is 13.1. The SMILES string of the molecule is O=C(c1ccc(Cl)s1)N1CCC(Oc2nc3ccc(F)cc3s2)CC1. The number of amides is 1. The summed E-state index contributed by atoms with van der Waals surface area (Å²) in [4.78, 5) is 19.3. The van der Waals surface area contributed by atoms with Crippen LogP contribution < -0.4 is 4.74 Å². The van der Waals surface area contributed by atoms with Crippen molar-refractivity contribution in [2.45, 2.75) is 18.9 Å². The molecule has 0 bridgehead atoms. The zero-order chi connectivity index (χ0) is 17.4. The van der Waals surface area contributed by atoms with Gasteiger partial charge in [0.15, 0.2) is 0 Å². The molecule has 1 aliphatic rings. The second kappa shape index (κ2) is 6.90. The minimum absolute atomic E-state index is 0.0152. The molecule has 1 aromatic carbocycles. The van der Waals surface area contributed by atoms with Crippen LogP contribution >= 0.6 is 34.3 Å². The van der Waals surface area contributed by atoms with Crippen molar-refractivity contribution >= 4 is 50.4 Å². The van der Waals surface area contributed by atoms with Crippen LogP contribution in [0.15, 0.2) is 30.3 Å². The number of carbonyl (C=O) groups is 1. The van der Waals surface area contributed by atoms with Gasteiger partial charge in [0, 0.05) is 25.9 Å². The molecule has 1 aliphatic heterocycles. The molecule has 0 spiro atoms. The second-order valence-corrected chi connectivity index (χ2v) is 8.51. The average molecular weight is 397 g/mol. The summed E-state index contributed by atoms with van der Waals surface area (Å²) in [6.07, 6.45) is 1.51. The van der Waals surface area contributed by atoms with Gasteiger partial charge in [0.05, 0.1) is 19.4 Å². The molecule has 0 radical (unpaired) electrons. The maximum absolute atomic E-state index is 13.3. The molecule has 4 nitrogen and oxygen atoms in total. The third-order valence-electron chi connectivity index (χ3n) is 4.11. The van der Waals surface area contributed by atoms with E-state index >= 15 is 0 Å². The van der Waals surface area contributed by atoms with Gasteiger partial charge in [-0.1, -0.05) is 22.9 Å². The first-order chi connectivity index (χ1) is 12.1. The van der Waals surface area contributed by atoms with Gasteiger partial charge in [-0.15, -0.1) is 11.3 Å². The number of thiophene rings is 1. The number of nitrogens with zero attached hydrogens (tertiary/aromatic N) is 2. The monoisotopic (exact) mass is 396 g/mol. The predicted octanol–water partition coefficient (Wildman–Crippen LogP) is 4.83. The van der Waals surface area contributed by atoms with Gasteiger partial charge in [-0.2, -0.15) is 0 Å². The molecule has 1 amide bonds. The number of hydrogen-bond donors (Lipinski definition) is 0.